The van der Waals surface area contributed by atoms with Crippen LogP contribution in [-0.2, 0) is 14.3 Å². The molecule has 4 heteroatoms. The summed E-state index contributed by atoms with van der Waals surface area (Å²) in [7, 11) is 0. The average molecular weight is 281 g/mol. The van der Waals surface area contributed by atoms with Crippen molar-refractivity contribution in [1.82, 2.24) is 4.90 Å². The van der Waals surface area contributed by atoms with E-state index >= 15 is 0 Å². The maximum atomic E-state index is 12.7. The third kappa shape index (κ3) is 3.41. The van der Waals surface area contributed by atoms with Gasteiger partial charge in [-0.3, -0.25) is 4.79 Å². The first-order valence-electron chi connectivity index (χ1n) is 7.66. The molecule has 3 atom stereocenters. The summed E-state index contributed by atoms with van der Waals surface area (Å²) in [5, 5.41) is 0. The van der Waals surface area contributed by atoms with Gasteiger partial charge < -0.3 is 14.4 Å². The summed E-state index contributed by atoms with van der Waals surface area (Å²) in [6, 6.07) is 0. The third-order valence-electron chi connectivity index (χ3n) is 4.41. The van der Waals surface area contributed by atoms with Crippen LogP contribution < -0.4 is 0 Å². The molecule has 0 spiro atoms. The zero-order valence-electron chi connectivity index (χ0n) is 12.9. The molecule has 0 aliphatic carbocycles. The SMILES string of the molecule is C=CC[C@@H](C(=O)N1CCCC1)[C@@H](C)[C@H]1COC(C)(C)O1. The molecule has 0 N–H and O–H groups in total. The Morgan fingerprint density at radius 3 is 2.60 bits per heavy atom. The summed E-state index contributed by atoms with van der Waals surface area (Å²) in [6.07, 6.45) is 4.78. The highest BCUT2D eigenvalue weighted by Crippen LogP contribution is 2.32. The number of nitrogens with zero attached hydrogens (tertiary/aromatic N) is 1. The molecule has 2 aliphatic rings. The predicted molar refractivity (Wildman–Crippen MR) is 78.2 cm³/mol. The maximum Gasteiger partial charge on any atom is 0.226 e. The van der Waals surface area contributed by atoms with E-state index in [1.807, 2.05) is 24.8 Å². The normalized spacial score (nSPS) is 28.4. The largest absolute Gasteiger partial charge is 0.348 e. The zero-order valence-corrected chi connectivity index (χ0v) is 12.9. The minimum atomic E-state index is -0.533. The Morgan fingerprint density at radius 2 is 2.10 bits per heavy atom. The number of rotatable bonds is 5. The Balaban J connectivity index is 2.03. The van der Waals surface area contributed by atoms with Gasteiger partial charge in [0.2, 0.25) is 5.91 Å². The van der Waals surface area contributed by atoms with Crippen LogP contribution in [0.15, 0.2) is 12.7 Å². The van der Waals surface area contributed by atoms with Crippen molar-refractivity contribution in [2.45, 2.75) is 51.9 Å². The van der Waals surface area contributed by atoms with Crippen LogP contribution in [0, 0.1) is 11.8 Å². The number of hydrogen-bond donors (Lipinski definition) is 0. The lowest BCUT2D eigenvalue weighted by molar-refractivity contribution is -0.152. The lowest BCUT2D eigenvalue weighted by Gasteiger charge is -2.30. The average Bonchev–Trinajstić information content (AvgIpc) is 3.03. The van der Waals surface area contributed by atoms with Crippen molar-refractivity contribution < 1.29 is 14.3 Å². The second-order valence-electron chi connectivity index (χ2n) is 6.39. The van der Waals surface area contributed by atoms with E-state index in [-0.39, 0.29) is 23.8 Å². The van der Waals surface area contributed by atoms with Crippen molar-refractivity contribution in [2.24, 2.45) is 11.8 Å². The fourth-order valence-electron chi connectivity index (χ4n) is 3.13. The number of hydrogen-bond acceptors (Lipinski definition) is 3. The molecule has 0 bridgehead atoms. The van der Waals surface area contributed by atoms with E-state index in [1.165, 1.54) is 0 Å². The smallest absolute Gasteiger partial charge is 0.226 e. The molecule has 0 saturated carbocycles. The van der Waals surface area contributed by atoms with Crippen LogP contribution in [0.1, 0.15) is 40.0 Å². The molecule has 0 radical (unpaired) electrons. The van der Waals surface area contributed by atoms with Crippen molar-refractivity contribution in [3.63, 3.8) is 0 Å². The molecule has 20 heavy (non-hydrogen) atoms. The van der Waals surface area contributed by atoms with Gasteiger partial charge in [-0.05, 0) is 39.0 Å². The molecule has 0 aromatic heterocycles. The molecule has 0 aromatic rings. The van der Waals surface area contributed by atoms with E-state index in [1.54, 1.807) is 0 Å². The summed E-state index contributed by atoms with van der Waals surface area (Å²) < 4.78 is 11.6. The van der Waals surface area contributed by atoms with Gasteiger partial charge in [0.1, 0.15) is 0 Å². The molecule has 2 aliphatic heterocycles. The lowest BCUT2D eigenvalue weighted by atomic mass is 9.85. The summed E-state index contributed by atoms with van der Waals surface area (Å²) in [4.78, 5) is 14.7. The van der Waals surface area contributed by atoms with Crippen molar-refractivity contribution in [1.29, 1.82) is 0 Å². The zero-order chi connectivity index (χ0) is 14.8. The Hall–Kier alpha value is -0.870. The Bertz CT molecular complexity index is 361. The van der Waals surface area contributed by atoms with Gasteiger partial charge in [0.25, 0.3) is 0 Å². The van der Waals surface area contributed by atoms with Gasteiger partial charge in [-0.2, -0.15) is 0 Å². The molecule has 1 amide bonds. The Morgan fingerprint density at radius 1 is 1.45 bits per heavy atom. The first-order chi connectivity index (χ1) is 9.44. The van der Waals surface area contributed by atoms with Crippen LogP contribution in [0.5, 0.6) is 0 Å². The molecule has 0 aromatic carbocycles. The molecule has 0 unspecified atom stereocenters. The van der Waals surface area contributed by atoms with Gasteiger partial charge in [0.05, 0.1) is 12.7 Å². The molecule has 114 valence electrons. The Kier molecular flexibility index (Phi) is 4.86. The van der Waals surface area contributed by atoms with Gasteiger partial charge in [-0.15, -0.1) is 6.58 Å². The van der Waals surface area contributed by atoms with E-state index in [9.17, 15) is 4.79 Å². The van der Waals surface area contributed by atoms with E-state index in [0.29, 0.717) is 13.0 Å². The van der Waals surface area contributed by atoms with Crippen LogP contribution in [-0.4, -0.2) is 42.4 Å². The summed E-state index contributed by atoms with van der Waals surface area (Å²) in [5.74, 6) is -0.187. The lowest BCUT2D eigenvalue weighted by Crippen LogP contribution is -2.40. The van der Waals surface area contributed by atoms with Crippen LogP contribution >= 0.6 is 0 Å². The van der Waals surface area contributed by atoms with Gasteiger partial charge in [0, 0.05) is 19.0 Å². The number of carbonyl (C=O) groups is 1. The van der Waals surface area contributed by atoms with Crippen molar-refractivity contribution in [3.8, 4) is 0 Å². The molecule has 2 heterocycles. The summed E-state index contributed by atoms with van der Waals surface area (Å²) >= 11 is 0. The highest BCUT2D eigenvalue weighted by Gasteiger charge is 2.41. The topological polar surface area (TPSA) is 38.8 Å². The van der Waals surface area contributed by atoms with Crippen LogP contribution in [0.25, 0.3) is 0 Å². The number of carbonyl (C=O) groups excluding carboxylic acids is 1. The van der Waals surface area contributed by atoms with Gasteiger partial charge in [0.15, 0.2) is 5.79 Å². The van der Waals surface area contributed by atoms with Crippen LogP contribution in [0.2, 0.25) is 0 Å². The summed E-state index contributed by atoms with van der Waals surface area (Å²) in [5.41, 5.74) is 0. The minimum Gasteiger partial charge on any atom is -0.348 e. The van der Waals surface area contributed by atoms with E-state index in [4.69, 9.17) is 9.47 Å². The minimum absolute atomic E-state index is 0.0125. The van der Waals surface area contributed by atoms with Crippen molar-refractivity contribution in [3.05, 3.63) is 12.7 Å². The molecular formula is C16H27NO3. The van der Waals surface area contributed by atoms with Gasteiger partial charge in [-0.1, -0.05) is 13.0 Å². The number of allylic oxidation sites excluding steroid dienone is 1. The maximum absolute atomic E-state index is 12.7. The quantitative estimate of drug-likeness (QED) is 0.727. The standard InChI is InChI=1S/C16H27NO3/c1-5-8-13(15(18)17-9-6-7-10-17)12(2)14-11-19-16(3,4)20-14/h5,12-14H,1,6-11H2,2-4H3/t12-,13-,14-/m1/s1. The molecule has 2 fully saturated rings. The van der Waals surface area contributed by atoms with Crippen molar-refractivity contribution >= 4 is 5.91 Å². The second kappa shape index (κ2) is 6.27. The van der Waals surface area contributed by atoms with Gasteiger partial charge in [-0.25, -0.2) is 0 Å². The molecular weight excluding hydrogens is 254 g/mol. The van der Waals surface area contributed by atoms with Crippen LogP contribution in [0.3, 0.4) is 0 Å². The third-order valence-corrected chi connectivity index (χ3v) is 4.41. The highest BCUT2D eigenvalue weighted by molar-refractivity contribution is 5.79. The highest BCUT2D eigenvalue weighted by atomic mass is 16.7. The second-order valence-corrected chi connectivity index (χ2v) is 6.39. The molecule has 4 nitrogen and oxygen atoms in total. The van der Waals surface area contributed by atoms with Crippen molar-refractivity contribution in [2.75, 3.05) is 19.7 Å². The van der Waals surface area contributed by atoms with E-state index < -0.39 is 5.79 Å². The van der Waals surface area contributed by atoms with Crippen LogP contribution in [0.4, 0.5) is 0 Å². The number of ether oxygens (including phenoxy) is 2. The van der Waals surface area contributed by atoms with E-state index in [2.05, 4.69) is 13.5 Å². The molecule has 2 rings (SSSR count). The fourth-order valence-corrected chi connectivity index (χ4v) is 3.13. The Labute approximate surface area is 122 Å². The monoisotopic (exact) mass is 281 g/mol. The number of likely N-dealkylation sites (tertiary alicyclic amines) is 1. The van der Waals surface area contributed by atoms with Gasteiger partial charge >= 0.3 is 0 Å². The number of amides is 1. The molecule has 2 saturated heterocycles. The summed E-state index contributed by atoms with van der Waals surface area (Å²) in [6.45, 7) is 12.1. The fraction of sp³-hybridized carbons (Fsp3) is 0.812. The predicted octanol–water partition coefficient (Wildman–Crippen LogP) is 2.59. The first-order valence-corrected chi connectivity index (χ1v) is 7.66. The first kappa shape index (κ1) is 15.5. The van der Waals surface area contributed by atoms with E-state index in [0.717, 1.165) is 25.9 Å².